The Kier molecular flexibility index (Phi) is 3.67. The first-order chi connectivity index (χ1) is 7.51. The molecule has 0 aromatic carbocycles. The molecule has 1 aromatic rings. The number of ether oxygens (including phenoxy) is 1. The average molecular weight is 233 g/mol. The van der Waals surface area contributed by atoms with Gasteiger partial charge in [0.1, 0.15) is 5.69 Å². The zero-order chi connectivity index (χ0) is 12.3. The molecule has 0 atom stereocenters. The lowest BCUT2D eigenvalue weighted by molar-refractivity contribution is -0.386. The van der Waals surface area contributed by atoms with Crippen LogP contribution >= 0.6 is 0 Å². The third-order valence-electron chi connectivity index (χ3n) is 1.88. The molecule has 0 spiro atoms. The molecule has 2 N–H and O–H groups in total. The van der Waals surface area contributed by atoms with Gasteiger partial charge in [0.25, 0.3) is 12.3 Å². The van der Waals surface area contributed by atoms with Gasteiger partial charge in [0.15, 0.2) is 0 Å². The lowest BCUT2D eigenvalue weighted by Gasteiger charge is -2.07. The summed E-state index contributed by atoms with van der Waals surface area (Å²) in [5.74, 6) is -0.455. The summed E-state index contributed by atoms with van der Waals surface area (Å²) in [4.78, 5) is 13.3. The lowest BCUT2D eigenvalue weighted by atomic mass is 10.2. The van der Waals surface area contributed by atoms with Crippen LogP contribution in [0.4, 0.5) is 14.5 Å². The Morgan fingerprint density at radius 3 is 2.69 bits per heavy atom. The minimum Gasteiger partial charge on any atom is -0.476 e. The minimum atomic E-state index is -2.83. The number of pyridine rings is 1. The molecule has 88 valence electrons. The third kappa shape index (κ3) is 2.22. The highest BCUT2D eigenvalue weighted by Crippen LogP contribution is 2.32. The molecule has 1 aromatic heterocycles. The van der Waals surface area contributed by atoms with Crippen LogP contribution in [0.5, 0.6) is 5.88 Å². The largest absolute Gasteiger partial charge is 0.476 e. The number of methoxy groups -OCH3 is 1. The fourth-order valence-corrected chi connectivity index (χ4v) is 1.19. The first-order valence-electron chi connectivity index (χ1n) is 4.21. The molecule has 0 saturated carbocycles. The maximum absolute atomic E-state index is 12.4. The molecule has 16 heavy (non-hydrogen) atoms. The summed E-state index contributed by atoms with van der Waals surface area (Å²) in [5.41, 5.74) is 4.14. The predicted molar refractivity (Wildman–Crippen MR) is 50.3 cm³/mol. The number of hydrogen-bond acceptors (Lipinski definition) is 5. The van der Waals surface area contributed by atoms with Crippen LogP contribution in [-0.4, -0.2) is 17.0 Å². The molecule has 8 heteroatoms. The van der Waals surface area contributed by atoms with Crippen molar-refractivity contribution < 1.29 is 18.4 Å². The molecular weight excluding hydrogens is 224 g/mol. The van der Waals surface area contributed by atoms with Gasteiger partial charge in [0, 0.05) is 6.54 Å². The van der Waals surface area contributed by atoms with Gasteiger partial charge in [-0.15, -0.1) is 0 Å². The number of nitrogens with zero attached hydrogens (tertiary/aromatic N) is 2. The standard InChI is InChI=1S/C8H9F2N3O3/c1-16-8-6(13(14)15)4(3-11)2-5(12-8)7(9)10/h2,7H,3,11H2,1H3. The normalized spacial score (nSPS) is 10.6. The van der Waals surface area contributed by atoms with E-state index >= 15 is 0 Å². The van der Waals surface area contributed by atoms with Crippen LogP contribution in [0.15, 0.2) is 6.07 Å². The number of halogens is 2. The minimum absolute atomic E-state index is 0.0350. The van der Waals surface area contributed by atoms with Crippen LogP contribution < -0.4 is 10.5 Å². The van der Waals surface area contributed by atoms with Crippen LogP contribution in [-0.2, 0) is 6.54 Å². The number of rotatable bonds is 4. The van der Waals surface area contributed by atoms with Crippen molar-refractivity contribution in [1.29, 1.82) is 0 Å². The van der Waals surface area contributed by atoms with E-state index in [0.717, 1.165) is 13.2 Å². The highest BCUT2D eigenvalue weighted by atomic mass is 19.3. The number of aromatic nitrogens is 1. The number of hydrogen-bond donors (Lipinski definition) is 1. The van der Waals surface area contributed by atoms with Crippen molar-refractivity contribution in [2.24, 2.45) is 5.73 Å². The van der Waals surface area contributed by atoms with E-state index in [1.807, 2.05) is 0 Å². The molecule has 0 aliphatic heterocycles. The van der Waals surface area contributed by atoms with Crippen molar-refractivity contribution in [3.8, 4) is 5.88 Å². The predicted octanol–water partition coefficient (Wildman–Crippen LogP) is 1.39. The molecule has 0 bridgehead atoms. The molecule has 0 saturated heterocycles. The van der Waals surface area contributed by atoms with Crippen LogP contribution in [0, 0.1) is 10.1 Å². The van der Waals surface area contributed by atoms with E-state index < -0.39 is 28.6 Å². The topological polar surface area (TPSA) is 91.3 Å². The molecule has 0 fully saturated rings. The second-order valence-corrected chi connectivity index (χ2v) is 2.83. The van der Waals surface area contributed by atoms with E-state index in [-0.39, 0.29) is 12.1 Å². The van der Waals surface area contributed by atoms with Crippen LogP contribution in [0.25, 0.3) is 0 Å². The van der Waals surface area contributed by atoms with Crippen LogP contribution in [0.2, 0.25) is 0 Å². The SMILES string of the molecule is COc1nc(C(F)F)cc(CN)c1[N+](=O)[O-]. The van der Waals surface area contributed by atoms with Gasteiger partial charge in [-0.25, -0.2) is 13.8 Å². The monoisotopic (exact) mass is 233 g/mol. The second kappa shape index (κ2) is 4.79. The van der Waals surface area contributed by atoms with E-state index in [2.05, 4.69) is 9.72 Å². The summed E-state index contributed by atoms with van der Waals surface area (Å²) in [6.45, 7) is -0.241. The van der Waals surface area contributed by atoms with Crippen molar-refractivity contribution in [2.75, 3.05) is 7.11 Å². The van der Waals surface area contributed by atoms with E-state index in [1.54, 1.807) is 0 Å². The molecule has 6 nitrogen and oxygen atoms in total. The average Bonchev–Trinajstić information content (AvgIpc) is 2.26. The Balaban J connectivity index is 3.43. The summed E-state index contributed by atoms with van der Waals surface area (Å²) < 4.78 is 29.4. The summed E-state index contributed by atoms with van der Waals surface area (Å²) >= 11 is 0. The fourth-order valence-electron chi connectivity index (χ4n) is 1.19. The van der Waals surface area contributed by atoms with Gasteiger partial charge >= 0.3 is 5.69 Å². The Hall–Kier alpha value is -1.83. The molecule has 0 aliphatic rings. The molecular formula is C8H9F2N3O3. The zero-order valence-corrected chi connectivity index (χ0v) is 8.31. The van der Waals surface area contributed by atoms with E-state index in [4.69, 9.17) is 5.73 Å². The zero-order valence-electron chi connectivity index (χ0n) is 8.31. The van der Waals surface area contributed by atoms with Crippen molar-refractivity contribution in [3.05, 3.63) is 27.4 Å². The van der Waals surface area contributed by atoms with Crippen molar-refractivity contribution in [1.82, 2.24) is 4.98 Å². The molecule has 0 amide bonds. The summed E-state index contributed by atoms with van der Waals surface area (Å²) in [6.07, 6.45) is -2.83. The van der Waals surface area contributed by atoms with E-state index in [0.29, 0.717) is 0 Å². The summed E-state index contributed by atoms with van der Waals surface area (Å²) in [5, 5.41) is 10.7. The molecule has 0 aliphatic carbocycles. The Morgan fingerprint density at radius 2 is 2.31 bits per heavy atom. The molecule has 0 unspecified atom stereocenters. The number of nitrogens with two attached hydrogens (primary N) is 1. The highest BCUT2D eigenvalue weighted by Gasteiger charge is 2.25. The maximum atomic E-state index is 12.4. The van der Waals surface area contributed by atoms with E-state index in [9.17, 15) is 18.9 Å². The van der Waals surface area contributed by atoms with Gasteiger partial charge in [-0.1, -0.05) is 0 Å². The molecule has 0 radical (unpaired) electrons. The van der Waals surface area contributed by atoms with Crippen molar-refractivity contribution in [2.45, 2.75) is 13.0 Å². The first kappa shape index (κ1) is 12.2. The van der Waals surface area contributed by atoms with Crippen LogP contribution in [0.3, 0.4) is 0 Å². The molecule has 1 heterocycles. The second-order valence-electron chi connectivity index (χ2n) is 2.83. The van der Waals surface area contributed by atoms with Gasteiger partial charge in [-0.2, -0.15) is 0 Å². The number of nitro groups is 1. The van der Waals surface area contributed by atoms with E-state index in [1.165, 1.54) is 0 Å². The van der Waals surface area contributed by atoms with Gasteiger partial charge in [0.2, 0.25) is 0 Å². The quantitative estimate of drug-likeness (QED) is 0.626. The van der Waals surface area contributed by atoms with Gasteiger partial charge in [-0.3, -0.25) is 10.1 Å². The van der Waals surface area contributed by atoms with Gasteiger partial charge < -0.3 is 10.5 Å². The highest BCUT2D eigenvalue weighted by molar-refractivity contribution is 5.49. The Morgan fingerprint density at radius 1 is 1.69 bits per heavy atom. The van der Waals surface area contributed by atoms with Crippen LogP contribution in [0.1, 0.15) is 17.7 Å². The van der Waals surface area contributed by atoms with Crippen molar-refractivity contribution >= 4 is 5.69 Å². The summed E-state index contributed by atoms with van der Waals surface area (Å²) in [6, 6.07) is 0.908. The van der Waals surface area contributed by atoms with Gasteiger partial charge in [0.05, 0.1) is 17.6 Å². The maximum Gasteiger partial charge on any atom is 0.335 e. The smallest absolute Gasteiger partial charge is 0.335 e. The van der Waals surface area contributed by atoms with Gasteiger partial charge in [-0.05, 0) is 6.07 Å². The molecule has 1 rings (SSSR count). The third-order valence-corrected chi connectivity index (χ3v) is 1.88. The Labute approximate surface area is 89.2 Å². The summed E-state index contributed by atoms with van der Waals surface area (Å²) in [7, 11) is 1.12. The lowest BCUT2D eigenvalue weighted by Crippen LogP contribution is -2.07. The fraction of sp³-hybridized carbons (Fsp3) is 0.375. The van der Waals surface area contributed by atoms with Crippen molar-refractivity contribution in [3.63, 3.8) is 0 Å². The first-order valence-corrected chi connectivity index (χ1v) is 4.21. The number of alkyl halides is 2. The Bertz CT molecular complexity index is 387.